The van der Waals surface area contributed by atoms with Crippen molar-refractivity contribution in [3.8, 4) is 17.3 Å². The van der Waals surface area contributed by atoms with Gasteiger partial charge in [-0.05, 0) is 77.9 Å². The van der Waals surface area contributed by atoms with Crippen LogP contribution in [-0.2, 0) is 0 Å². The zero-order valence-electron chi connectivity index (χ0n) is 19.2. The molecule has 2 N–H and O–H groups in total. The van der Waals surface area contributed by atoms with Crippen molar-refractivity contribution < 1.29 is 9.90 Å². The van der Waals surface area contributed by atoms with Crippen LogP contribution in [0.2, 0.25) is 10.0 Å². The molecule has 180 valence electrons. The standard InChI is InChI=1S/C28H21Cl2N3O3/c1-17(19-7-6-18-4-2-3-5-20(18)16-19)31-26(34)25-27(35)32(23-12-8-21(29)9-13-23)33(28(25)36)24-14-10-22(30)11-15-24/h2-17,35H,1H3,(H,31,34). The van der Waals surface area contributed by atoms with Crippen LogP contribution in [0, 0.1) is 0 Å². The molecule has 0 spiro atoms. The zero-order valence-corrected chi connectivity index (χ0v) is 20.7. The lowest BCUT2D eigenvalue weighted by atomic mass is 10.0. The fourth-order valence-electron chi connectivity index (χ4n) is 4.16. The van der Waals surface area contributed by atoms with Gasteiger partial charge in [-0.3, -0.25) is 9.59 Å². The zero-order chi connectivity index (χ0) is 25.4. The Bertz CT molecular complexity index is 1640. The monoisotopic (exact) mass is 517 g/mol. The van der Waals surface area contributed by atoms with E-state index >= 15 is 0 Å². The molecular formula is C28H21Cl2N3O3. The molecule has 1 amide bonds. The number of aromatic nitrogens is 2. The van der Waals surface area contributed by atoms with Crippen LogP contribution in [0.4, 0.5) is 0 Å². The molecule has 1 heterocycles. The van der Waals surface area contributed by atoms with Crippen molar-refractivity contribution in [2.75, 3.05) is 0 Å². The molecule has 1 aromatic heterocycles. The molecule has 4 aromatic carbocycles. The Kier molecular flexibility index (Phi) is 6.31. The van der Waals surface area contributed by atoms with Crippen molar-refractivity contribution in [1.82, 2.24) is 14.7 Å². The van der Waals surface area contributed by atoms with E-state index in [0.29, 0.717) is 21.4 Å². The number of amides is 1. The minimum absolute atomic E-state index is 0.368. The highest BCUT2D eigenvalue weighted by molar-refractivity contribution is 6.30. The lowest BCUT2D eigenvalue weighted by Gasteiger charge is -2.14. The van der Waals surface area contributed by atoms with Crippen molar-refractivity contribution in [2.24, 2.45) is 0 Å². The number of fused-ring (bicyclic) bond motifs is 1. The summed E-state index contributed by atoms with van der Waals surface area (Å²) in [6.07, 6.45) is 0. The van der Waals surface area contributed by atoms with Gasteiger partial charge in [-0.25, -0.2) is 9.36 Å². The molecule has 1 atom stereocenters. The number of aromatic hydroxyl groups is 1. The molecule has 0 aliphatic rings. The topological polar surface area (TPSA) is 76.3 Å². The number of hydrogen-bond donors (Lipinski definition) is 2. The number of nitrogens with one attached hydrogen (secondary N) is 1. The van der Waals surface area contributed by atoms with Gasteiger partial charge in [0.25, 0.3) is 11.5 Å². The fraction of sp³-hybridized carbons (Fsp3) is 0.0714. The van der Waals surface area contributed by atoms with Gasteiger partial charge in [-0.2, -0.15) is 0 Å². The summed E-state index contributed by atoms with van der Waals surface area (Å²) < 4.78 is 2.50. The van der Waals surface area contributed by atoms with Gasteiger partial charge in [0.2, 0.25) is 5.88 Å². The molecule has 0 saturated carbocycles. The van der Waals surface area contributed by atoms with Crippen molar-refractivity contribution in [1.29, 1.82) is 0 Å². The highest BCUT2D eigenvalue weighted by Gasteiger charge is 2.28. The third-order valence-corrected chi connectivity index (χ3v) is 6.52. The minimum atomic E-state index is -0.686. The van der Waals surface area contributed by atoms with Crippen LogP contribution >= 0.6 is 23.2 Å². The fourth-order valence-corrected chi connectivity index (χ4v) is 4.41. The smallest absolute Gasteiger partial charge is 0.288 e. The van der Waals surface area contributed by atoms with Crippen molar-refractivity contribution in [3.63, 3.8) is 0 Å². The molecule has 8 heteroatoms. The largest absolute Gasteiger partial charge is 0.493 e. The highest BCUT2D eigenvalue weighted by atomic mass is 35.5. The van der Waals surface area contributed by atoms with Gasteiger partial charge in [0.05, 0.1) is 17.4 Å². The lowest BCUT2D eigenvalue weighted by molar-refractivity contribution is 0.0936. The number of carbonyl (C=O) groups excluding carboxylic acids is 1. The van der Waals surface area contributed by atoms with Gasteiger partial charge < -0.3 is 10.4 Å². The van der Waals surface area contributed by atoms with E-state index in [4.69, 9.17) is 23.2 Å². The summed E-state index contributed by atoms with van der Waals surface area (Å²) in [7, 11) is 0. The highest BCUT2D eigenvalue weighted by Crippen LogP contribution is 2.26. The Hall–Kier alpha value is -4.00. The first-order valence-electron chi connectivity index (χ1n) is 11.2. The number of hydrogen-bond acceptors (Lipinski definition) is 3. The molecule has 5 aromatic rings. The summed E-state index contributed by atoms with van der Waals surface area (Å²) in [5, 5.41) is 17.1. The van der Waals surface area contributed by atoms with Gasteiger partial charge >= 0.3 is 0 Å². The Morgan fingerprint density at radius 1 is 0.806 bits per heavy atom. The number of halogens is 2. The van der Waals surface area contributed by atoms with Crippen LogP contribution in [0.15, 0.2) is 95.8 Å². The summed E-state index contributed by atoms with van der Waals surface area (Å²) in [5.41, 5.74) is 0.707. The second-order valence-corrected chi connectivity index (χ2v) is 9.25. The van der Waals surface area contributed by atoms with Crippen LogP contribution in [0.25, 0.3) is 22.1 Å². The van der Waals surface area contributed by atoms with E-state index < -0.39 is 23.4 Å². The number of rotatable bonds is 5. The average molecular weight is 518 g/mol. The number of nitrogens with zero attached hydrogens (tertiary/aromatic N) is 2. The molecule has 0 radical (unpaired) electrons. The molecule has 5 rings (SSSR count). The Balaban J connectivity index is 1.57. The third kappa shape index (κ3) is 4.37. The van der Waals surface area contributed by atoms with Gasteiger partial charge in [-0.15, -0.1) is 0 Å². The molecular weight excluding hydrogens is 497 g/mol. The maximum Gasteiger partial charge on any atom is 0.288 e. The van der Waals surface area contributed by atoms with Crippen molar-refractivity contribution in [3.05, 3.63) is 123 Å². The summed E-state index contributed by atoms with van der Waals surface area (Å²) in [4.78, 5) is 26.9. The second kappa shape index (κ2) is 9.57. The van der Waals surface area contributed by atoms with Crippen LogP contribution in [0.5, 0.6) is 5.88 Å². The van der Waals surface area contributed by atoms with Crippen LogP contribution < -0.4 is 10.9 Å². The predicted molar refractivity (Wildman–Crippen MR) is 143 cm³/mol. The first kappa shape index (κ1) is 23.7. The Morgan fingerprint density at radius 3 is 1.97 bits per heavy atom. The molecule has 0 fully saturated rings. The summed E-state index contributed by atoms with van der Waals surface area (Å²) in [5.74, 6) is -1.17. The van der Waals surface area contributed by atoms with Crippen molar-refractivity contribution >= 4 is 39.9 Å². The first-order valence-corrected chi connectivity index (χ1v) is 12.0. The van der Waals surface area contributed by atoms with Crippen LogP contribution in [0.1, 0.15) is 28.9 Å². The molecule has 0 aliphatic carbocycles. The lowest BCUT2D eigenvalue weighted by Crippen LogP contribution is -2.31. The molecule has 1 unspecified atom stereocenters. The molecule has 0 aliphatic heterocycles. The Labute approximate surface area is 216 Å². The number of carbonyl (C=O) groups is 1. The van der Waals surface area contributed by atoms with Gasteiger partial charge in [-0.1, -0.05) is 59.6 Å². The molecule has 0 saturated heterocycles. The van der Waals surface area contributed by atoms with Crippen molar-refractivity contribution in [2.45, 2.75) is 13.0 Å². The van der Waals surface area contributed by atoms with Crippen LogP contribution in [0.3, 0.4) is 0 Å². The second-order valence-electron chi connectivity index (χ2n) is 8.38. The molecule has 6 nitrogen and oxygen atoms in total. The predicted octanol–water partition coefficient (Wildman–Crippen LogP) is 6.28. The van der Waals surface area contributed by atoms with E-state index in [-0.39, 0.29) is 5.56 Å². The summed E-state index contributed by atoms with van der Waals surface area (Å²) in [6.45, 7) is 1.83. The summed E-state index contributed by atoms with van der Waals surface area (Å²) in [6, 6.07) is 26.5. The van der Waals surface area contributed by atoms with E-state index in [1.165, 1.54) is 9.36 Å². The van der Waals surface area contributed by atoms with Crippen LogP contribution in [-0.4, -0.2) is 20.4 Å². The number of benzene rings is 4. The molecule has 0 bridgehead atoms. The maximum absolute atomic E-state index is 13.5. The van der Waals surface area contributed by atoms with Gasteiger partial charge in [0.1, 0.15) is 0 Å². The van der Waals surface area contributed by atoms with Gasteiger partial charge in [0, 0.05) is 10.0 Å². The van der Waals surface area contributed by atoms with Gasteiger partial charge in [0.15, 0.2) is 5.56 Å². The third-order valence-electron chi connectivity index (χ3n) is 6.02. The molecule has 36 heavy (non-hydrogen) atoms. The van der Waals surface area contributed by atoms with E-state index in [0.717, 1.165) is 16.3 Å². The minimum Gasteiger partial charge on any atom is -0.493 e. The SMILES string of the molecule is CC(NC(=O)c1c(O)n(-c2ccc(Cl)cc2)n(-c2ccc(Cl)cc2)c1=O)c1ccc2ccccc2c1. The average Bonchev–Trinajstić information content (AvgIpc) is 3.14. The summed E-state index contributed by atoms with van der Waals surface area (Å²) >= 11 is 12.1. The quantitative estimate of drug-likeness (QED) is 0.287. The van der Waals surface area contributed by atoms with E-state index in [2.05, 4.69) is 5.32 Å². The van der Waals surface area contributed by atoms with E-state index in [1.807, 2.05) is 49.4 Å². The Morgan fingerprint density at radius 2 is 1.36 bits per heavy atom. The van der Waals surface area contributed by atoms with E-state index in [9.17, 15) is 14.7 Å². The maximum atomic E-state index is 13.5. The first-order chi connectivity index (χ1) is 17.3. The normalized spacial score (nSPS) is 12.0. The van der Waals surface area contributed by atoms with E-state index in [1.54, 1.807) is 48.5 Å².